The van der Waals surface area contributed by atoms with Gasteiger partial charge in [0.2, 0.25) is 0 Å². The molecule has 0 aliphatic rings. The zero-order valence-corrected chi connectivity index (χ0v) is 14.6. The van der Waals surface area contributed by atoms with Gasteiger partial charge in [-0.05, 0) is 36.8 Å². The van der Waals surface area contributed by atoms with Gasteiger partial charge in [0.05, 0.1) is 9.88 Å². The summed E-state index contributed by atoms with van der Waals surface area (Å²) >= 11 is 1.63. The number of thiazole rings is 1. The minimum Gasteiger partial charge on any atom is -0.383 e. The number of hydrogen-bond acceptors (Lipinski definition) is 3. The summed E-state index contributed by atoms with van der Waals surface area (Å²) < 4.78 is 0. The predicted molar refractivity (Wildman–Crippen MR) is 100 cm³/mol. The summed E-state index contributed by atoms with van der Waals surface area (Å²) in [6.07, 6.45) is 7.00. The Bertz CT molecular complexity index is 724. The number of aliphatic hydroxyl groups is 1. The fraction of sp³-hybridized carbons (Fsp3) is 0.286. The lowest BCUT2D eigenvalue weighted by molar-refractivity contribution is 0.224. The van der Waals surface area contributed by atoms with Crippen LogP contribution >= 0.6 is 11.3 Å². The van der Waals surface area contributed by atoms with E-state index in [2.05, 4.69) is 35.3 Å². The van der Waals surface area contributed by atoms with Crippen molar-refractivity contribution < 1.29 is 5.11 Å². The highest BCUT2D eigenvalue weighted by atomic mass is 32.1. The Kier molecular flexibility index (Phi) is 6.16. The number of benzene rings is 2. The lowest BCUT2D eigenvalue weighted by Gasteiger charge is -2.07. The van der Waals surface area contributed by atoms with E-state index in [1.165, 1.54) is 18.4 Å². The average molecular weight is 337 g/mol. The summed E-state index contributed by atoms with van der Waals surface area (Å²) in [6, 6.07) is 20.4. The number of nitrogens with zero attached hydrogens (tertiary/aromatic N) is 1. The second kappa shape index (κ2) is 8.76. The molecule has 0 fully saturated rings. The third-order valence-electron chi connectivity index (χ3n) is 4.16. The molecule has 0 aliphatic carbocycles. The number of hydrogen-bond donors (Lipinski definition) is 1. The molecule has 3 rings (SSSR count). The van der Waals surface area contributed by atoms with Crippen molar-refractivity contribution in [2.24, 2.45) is 0 Å². The number of unbranched alkanes of at least 4 members (excludes halogenated alkanes) is 2. The van der Waals surface area contributed by atoms with Crippen molar-refractivity contribution in [3.05, 3.63) is 87.9 Å². The van der Waals surface area contributed by atoms with Gasteiger partial charge in [-0.25, -0.2) is 4.98 Å². The van der Waals surface area contributed by atoms with E-state index in [9.17, 15) is 5.11 Å². The maximum absolute atomic E-state index is 10.4. The van der Waals surface area contributed by atoms with Gasteiger partial charge >= 0.3 is 0 Å². The van der Waals surface area contributed by atoms with Crippen LogP contribution in [0.4, 0.5) is 0 Å². The first kappa shape index (κ1) is 16.9. The lowest BCUT2D eigenvalue weighted by Crippen LogP contribution is -1.95. The van der Waals surface area contributed by atoms with Crippen molar-refractivity contribution in [2.75, 3.05) is 0 Å². The molecule has 1 N–H and O–H groups in total. The van der Waals surface area contributed by atoms with E-state index in [1.807, 2.05) is 36.5 Å². The smallest absolute Gasteiger partial charge is 0.115 e. The Morgan fingerprint density at radius 3 is 2.25 bits per heavy atom. The van der Waals surface area contributed by atoms with Crippen molar-refractivity contribution >= 4 is 11.3 Å². The molecule has 0 amide bonds. The van der Waals surface area contributed by atoms with Crippen molar-refractivity contribution in [1.82, 2.24) is 4.98 Å². The summed E-state index contributed by atoms with van der Waals surface area (Å²) in [5.41, 5.74) is 2.34. The second-order valence-corrected chi connectivity index (χ2v) is 7.16. The highest BCUT2D eigenvalue weighted by Crippen LogP contribution is 2.27. The molecule has 3 aromatic rings. The summed E-state index contributed by atoms with van der Waals surface area (Å²) in [7, 11) is 0. The van der Waals surface area contributed by atoms with Gasteiger partial charge in [-0.1, -0.05) is 67.1 Å². The van der Waals surface area contributed by atoms with Crippen LogP contribution in [-0.4, -0.2) is 10.1 Å². The Morgan fingerprint density at radius 2 is 1.50 bits per heavy atom. The fourth-order valence-corrected chi connectivity index (χ4v) is 3.77. The zero-order valence-electron chi connectivity index (χ0n) is 13.8. The van der Waals surface area contributed by atoms with Crippen molar-refractivity contribution in [1.29, 1.82) is 0 Å². The van der Waals surface area contributed by atoms with E-state index < -0.39 is 6.10 Å². The highest BCUT2D eigenvalue weighted by Gasteiger charge is 2.13. The van der Waals surface area contributed by atoms with E-state index in [0.717, 1.165) is 34.7 Å². The largest absolute Gasteiger partial charge is 0.383 e. The molecule has 3 heteroatoms. The molecule has 1 atom stereocenters. The van der Waals surface area contributed by atoms with Crippen molar-refractivity contribution in [2.45, 2.75) is 38.2 Å². The lowest BCUT2D eigenvalue weighted by atomic mass is 10.1. The Labute approximate surface area is 147 Å². The van der Waals surface area contributed by atoms with Crippen LogP contribution in [-0.2, 0) is 12.8 Å². The third kappa shape index (κ3) is 4.76. The average Bonchev–Trinajstić information content (AvgIpc) is 3.11. The normalized spacial score (nSPS) is 12.2. The first-order valence-corrected chi connectivity index (χ1v) is 9.36. The van der Waals surface area contributed by atoms with E-state index in [-0.39, 0.29) is 0 Å². The van der Waals surface area contributed by atoms with E-state index in [4.69, 9.17) is 0 Å². The van der Waals surface area contributed by atoms with Crippen molar-refractivity contribution in [3.63, 3.8) is 0 Å². The molecule has 0 aliphatic heterocycles. The Morgan fingerprint density at radius 1 is 0.833 bits per heavy atom. The molecular weight excluding hydrogens is 314 g/mol. The first-order valence-electron chi connectivity index (χ1n) is 8.54. The van der Waals surface area contributed by atoms with Gasteiger partial charge in [-0.3, -0.25) is 0 Å². The van der Waals surface area contributed by atoms with Gasteiger partial charge in [0.1, 0.15) is 6.10 Å². The standard InChI is InChI=1S/C21H23NOS/c23-21(18-13-7-3-8-14-18)19-16-22-20(24-19)15-9-2-6-12-17-10-4-1-5-11-17/h1,3-5,7-8,10-11,13-14,16,21,23H,2,6,9,12,15H2. The fourth-order valence-electron chi connectivity index (χ4n) is 2.79. The van der Waals surface area contributed by atoms with Gasteiger partial charge in [-0.2, -0.15) is 0 Å². The Balaban J connectivity index is 1.43. The van der Waals surface area contributed by atoms with Crippen LogP contribution in [0.15, 0.2) is 66.9 Å². The zero-order chi connectivity index (χ0) is 16.6. The number of aryl methyl sites for hydroxylation is 2. The van der Waals surface area contributed by atoms with Gasteiger partial charge in [0.25, 0.3) is 0 Å². The second-order valence-electron chi connectivity index (χ2n) is 6.02. The van der Waals surface area contributed by atoms with Crippen LogP contribution in [0, 0.1) is 0 Å². The molecule has 0 bridgehead atoms. The number of rotatable bonds is 8. The van der Waals surface area contributed by atoms with Crippen LogP contribution < -0.4 is 0 Å². The van der Waals surface area contributed by atoms with E-state index >= 15 is 0 Å². The minimum absolute atomic E-state index is 0.560. The SMILES string of the molecule is OC(c1ccccc1)c1cnc(CCCCCc2ccccc2)s1. The first-order chi connectivity index (χ1) is 11.8. The molecule has 1 heterocycles. The summed E-state index contributed by atoms with van der Waals surface area (Å²) in [5, 5.41) is 11.5. The van der Waals surface area contributed by atoms with Crippen LogP contribution in [0.25, 0.3) is 0 Å². The molecule has 0 saturated heterocycles. The third-order valence-corrected chi connectivity index (χ3v) is 5.26. The molecule has 0 spiro atoms. The van der Waals surface area contributed by atoms with Crippen LogP contribution in [0.1, 0.15) is 46.4 Å². The maximum atomic E-state index is 10.4. The highest BCUT2D eigenvalue weighted by molar-refractivity contribution is 7.11. The Hall–Kier alpha value is -1.97. The van der Waals surface area contributed by atoms with Gasteiger partial charge in [0.15, 0.2) is 0 Å². The van der Waals surface area contributed by atoms with Gasteiger partial charge in [0, 0.05) is 6.20 Å². The molecule has 2 aromatic carbocycles. The topological polar surface area (TPSA) is 33.1 Å². The predicted octanol–water partition coefficient (Wildman–Crippen LogP) is 5.18. The summed E-state index contributed by atoms with van der Waals surface area (Å²) in [4.78, 5) is 5.41. The monoisotopic (exact) mass is 337 g/mol. The molecular formula is C21H23NOS. The number of aliphatic hydroxyl groups excluding tert-OH is 1. The van der Waals surface area contributed by atoms with Crippen LogP contribution in [0.2, 0.25) is 0 Å². The minimum atomic E-state index is -0.560. The van der Waals surface area contributed by atoms with E-state index in [1.54, 1.807) is 11.3 Å². The molecule has 2 nitrogen and oxygen atoms in total. The molecule has 1 unspecified atom stereocenters. The molecule has 0 radical (unpaired) electrons. The van der Waals surface area contributed by atoms with Crippen LogP contribution in [0.5, 0.6) is 0 Å². The molecule has 124 valence electrons. The van der Waals surface area contributed by atoms with E-state index in [0.29, 0.717) is 0 Å². The summed E-state index contributed by atoms with van der Waals surface area (Å²) in [5.74, 6) is 0. The van der Waals surface area contributed by atoms with Gasteiger partial charge in [-0.15, -0.1) is 11.3 Å². The quantitative estimate of drug-likeness (QED) is 0.575. The maximum Gasteiger partial charge on any atom is 0.115 e. The molecule has 0 saturated carbocycles. The molecule has 1 aromatic heterocycles. The van der Waals surface area contributed by atoms with Crippen LogP contribution in [0.3, 0.4) is 0 Å². The summed E-state index contributed by atoms with van der Waals surface area (Å²) in [6.45, 7) is 0. The number of aromatic nitrogens is 1. The van der Waals surface area contributed by atoms with Crippen molar-refractivity contribution in [3.8, 4) is 0 Å². The molecule has 24 heavy (non-hydrogen) atoms. The van der Waals surface area contributed by atoms with Gasteiger partial charge < -0.3 is 5.11 Å².